The highest BCUT2D eigenvalue weighted by Gasteiger charge is 2.12. The van der Waals surface area contributed by atoms with Crippen molar-refractivity contribution in [2.45, 2.75) is 19.3 Å². The summed E-state index contributed by atoms with van der Waals surface area (Å²) in [5.41, 5.74) is 6.08. The molecule has 4 nitrogen and oxygen atoms in total. The van der Waals surface area contributed by atoms with Crippen molar-refractivity contribution in [1.82, 2.24) is 10.9 Å². The summed E-state index contributed by atoms with van der Waals surface area (Å²) < 4.78 is 12.9. The first kappa shape index (κ1) is 15.7. The summed E-state index contributed by atoms with van der Waals surface area (Å²) in [5, 5.41) is 0. The van der Waals surface area contributed by atoms with Gasteiger partial charge in [-0.3, -0.25) is 20.4 Å². The van der Waals surface area contributed by atoms with Gasteiger partial charge in [-0.15, -0.1) is 0 Å². The molecule has 0 aromatic heterocycles. The highest BCUT2D eigenvalue weighted by atomic mass is 19.1. The van der Waals surface area contributed by atoms with Gasteiger partial charge in [-0.1, -0.05) is 37.3 Å². The smallest absolute Gasteiger partial charge is 0.269 e. The third-order valence-corrected chi connectivity index (χ3v) is 3.28. The van der Waals surface area contributed by atoms with Crippen molar-refractivity contribution in [3.8, 4) is 0 Å². The van der Waals surface area contributed by atoms with Crippen molar-refractivity contribution in [3.05, 3.63) is 71.5 Å². The predicted molar refractivity (Wildman–Crippen MR) is 81.5 cm³/mol. The lowest BCUT2D eigenvalue weighted by Crippen LogP contribution is -2.41. The minimum absolute atomic E-state index is 0.0748. The summed E-state index contributed by atoms with van der Waals surface area (Å²) >= 11 is 0. The first-order valence-electron chi connectivity index (χ1n) is 6.96. The molecule has 2 rings (SSSR count). The number of rotatable bonds is 4. The van der Waals surface area contributed by atoms with Crippen molar-refractivity contribution in [1.29, 1.82) is 0 Å². The molecule has 2 aromatic carbocycles. The molecule has 2 aromatic rings. The zero-order chi connectivity index (χ0) is 15.9. The van der Waals surface area contributed by atoms with Crippen molar-refractivity contribution in [3.63, 3.8) is 0 Å². The van der Waals surface area contributed by atoms with Crippen LogP contribution < -0.4 is 10.9 Å². The molecule has 1 atom stereocenters. The van der Waals surface area contributed by atoms with Gasteiger partial charge in [-0.2, -0.15) is 0 Å². The van der Waals surface area contributed by atoms with Crippen LogP contribution in [0.25, 0.3) is 0 Å². The SMILES string of the molecule is CC(CC(=O)NNC(=O)c1ccccc1)c1ccc(F)cc1. The predicted octanol–water partition coefficient (Wildman–Crippen LogP) is 2.78. The van der Waals surface area contributed by atoms with E-state index in [2.05, 4.69) is 10.9 Å². The molecule has 0 saturated carbocycles. The average molecular weight is 300 g/mol. The Morgan fingerprint density at radius 3 is 2.27 bits per heavy atom. The van der Waals surface area contributed by atoms with Gasteiger partial charge < -0.3 is 0 Å². The molecule has 0 fully saturated rings. The molecule has 0 heterocycles. The van der Waals surface area contributed by atoms with Crippen LogP contribution >= 0.6 is 0 Å². The maximum Gasteiger partial charge on any atom is 0.269 e. The molecule has 0 aliphatic carbocycles. The van der Waals surface area contributed by atoms with Gasteiger partial charge in [0.15, 0.2) is 0 Å². The molecule has 22 heavy (non-hydrogen) atoms. The van der Waals surface area contributed by atoms with Crippen molar-refractivity contribution in [2.24, 2.45) is 0 Å². The Labute approximate surface area is 128 Å². The number of hydrogen-bond acceptors (Lipinski definition) is 2. The van der Waals surface area contributed by atoms with Crippen LogP contribution in [0, 0.1) is 5.82 Å². The molecular weight excluding hydrogens is 283 g/mol. The summed E-state index contributed by atoms with van der Waals surface area (Å²) in [6.07, 6.45) is 0.195. The molecule has 0 aliphatic rings. The summed E-state index contributed by atoms with van der Waals surface area (Å²) in [7, 11) is 0. The van der Waals surface area contributed by atoms with Crippen LogP contribution in [0.3, 0.4) is 0 Å². The third-order valence-electron chi connectivity index (χ3n) is 3.28. The second-order valence-corrected chi connectivity index (χ2v) is 5.03. The molecule has 0 radical (unpaired) electrons. The van der Waals surface area contributed by atoms with Gasteiger partial charge in [-0.25, -0.2) is 4.39 Å². The van der Waals surface area contributed by atoms with Crippen LogP contribution in [0.2, 0.25) is 0 Å². The van der Waals surface area contributed by atoms with Gasteiger partial charge in [0.2, 0.25) is 5.91 Å². The minimum atomic E-state index is -0.372. The van der Waals surface area contributed by atoms with Gasteiger partial charge in [0, 0.05) is 12.0 Å². The maximum atomic E-state index is 12.9. The number of hydrogen-bond donors (Lipinski definition) is 2. The van der Waals surface area contributed by atoms with E-state index in [9.17, 15) is 14.0 Å². The summed E-state index contributed by atoms with van der Waals surface area (Å²) in [6.45, 7) is 1.87. The van der Waals surface area contributed by atoms with Crippen LogP contribution in [0.1, 0.15) is 35.2 Å². The summed E-state index contributed by atoms with van der Waals surface area (Å²) in [4.78, 5) is 23.6. The van der Waals surface area contributed by atoms with Crippen molar-refractivity contribution < 1.29 is 14.0 Å². The fraction of sp³-hybridized carbons (Fsp3) is 0.176. The van der Waals surface area contributed by atoms with Crippen molar-refractivity contribution >= 4 is 11.8 Å². The zero-order valence-corrected chi connectivity index (χ0v) is 12.2. The fourth-order valence-electron chi connectivity index (χ4n) is 2.03. The monoisotopic (exact) mass is 300 g/mol. The number of amides is 2. The number of nitrogens with one attached hydrogen (secondary N) is 2. The van der Waals surface area contributed by atoms with Gasteiger partial charge in [-0.05, 0) is 35.7 Å². The van der Waals surface area contributed by atoms with E-state index in [-0.39, 0.29) is 30.0 Å². The molecule has 5 heteroatoms. The average Bonchev–Trinajstić information content (AvgIpc) is 2.54. The molecule has 2 N–H and O–H groups in total. The summed E-state index contributed by atoms with van der Waals surface area (Å²) in [5.74, 6) is -1.06. The number of carbonyl (C=O) groups excluding carboxylic acids is 2. The Morgan fingerprint density at radius 2 is 1.64 bits per heavy atom. The first-order chi connectivity index (χ1) is 10.6. The highest BCUT2D eigenvalue weighted by Crippen LogP contribution is 2.18. The maximum absolute atomic E-state index is 12.9. The molecular formula is C17H17FN2O2. The molecule has 2 amide bonds. The Balaban J connectivity index is 1.83. The lowest BCUT2D eigenvalue weighted by atomic mass is 9.98. The van der Waals surface area contributed by atoms with E-state index in [4.69, 9.17) is 0 Å². The topological polar surface area (TPSA) is 58.2 Å². The van der Waals surface area contributed by atoms with E-state index in [1.807, 2.05) is 6.92 Å². The summed E-state index contributed by atoms with van der Waals surface area (Å²) in [6, 6.07) is 14.6. The highest BCUT2D eigenvalue weighted by molar-refractivity contribution is 5.95. The lowest BCUT2D eigenvalue weighted by molar-refractivity contribution is -0.122. The van der Waals surface area contributed by atoms with E-state index >= 15 is 0 Å². The van der Waals surface area contributed by atoms with Crippen LogP contribution in [-0.2, 0) is 4.79 Å². The van der Waals surface area contributed by atoms with E-state index in [1.165, 1.54) is 12.1 Å². The molecule has 0 spiro atoms. The van der Waals surface area contributed by atoms with E-state index < -0.39 is 0 Å². The van der Waals surface area contributed by atoms with Gasteiger partial charge in [0.1, 0.15) is 5.82 Å². The van der Waals surface area contributed by atoms with E-state index in [1.54, 1.807) is 42.5 Å². The molecule has 0 aliphatic heterocycles. The van der Waals surface area contributed by atoms with Gasteiger partial charge in [0.25, 0.3) is 5.91 Å². The largest absolute Gasteiger partial charge is 0.273 e. The number of halogens is 1. The molecule has 0 bridgehead atoms. The molecule has 0 saturated heterocycles. The fourth-order valence-corrected chi connectivity index (χ4v) is 2.03. The van der Waals surface area contributed by atoms with Crippen LogP contribution in [-0.4, -0.2) is 11.8 Å². The Bertz CT molecular complexity index is 641. The quantitative estimate of drug-likeness (QED) is 0.853. The normalized spacial score (nSPS) is 11.5. The number of carbonyl (C=O) groups is 2. The number of benzene rings is 2. The van der Waals surface area contributed by atoms with E-state index in [0.717, 1.165) is 5.56 Å². The van der Waals surface area contributed by atoms with Crippen LogP contribution in [0.15, 0.2) is 54.6 Å². The van der Waals surface area contributed by atoms with Gasteiger partial charge in [0.05, 0.1) is 0 Å². The van der Waals surface area contributed by atoms with Crippen LogP contribution in [0.5, 0.6) is 0 Å². The first-order valence-corrected chi connectivity index (χ1v) is 6.96. The lowest BCUT2D eigenvalue weighted by Gasteiger charge is -2.12. The standard InChI is InChI=1S/C17H17FN2O2/c1-12(13-7-9-15(18)10-8-13)11-16(21)19-20-17(22)14-5-3-2-4-6-14/h2-10,12H,11H2,1H3,(H,19,21)(H,20,22). The molecule has 114 valence electrons. The minimum Gasteiger partial charge on any atom is -0.273 e. The van der Waals surface area contributed by atoms with E-state index in [0.29, 0.717) is 5.56 Å². The Kier molecular flexibility index (Phi) is 5.25. The van der Waals surface area contributed by atoms with Gasteiger partial charge >= 0.3 is 0 Å². The third kappa shape index (κ3) is 4.41. The second-order valence-electron chi connectivity index (χ2n) is 5.03. The van der Waals surface area contributed by atoms with Crippen LogP contribution in [0.4, 0.5) is 4.39 Å². The Hall–Kier alpha value is -2.69. The van der Waals surface area contributed by atoms with Crippen molar-refractivity contribution in [2.75, 3.05) is 0 Å². The molecule has 1 unspecified atom stereocenters. The zero-order valence-electron chi connectivity index (χ0n) is 12.2. The Morgan fingerprint density at radius 1 is 1.00 bits per heavy atom. The second kappa shape index (κ2) is 7.36. The number of hydrazine groups is 1.